The van der Waals surface area contributed by atoms with E-state index in [0.717, 1.165) is 31.4 Å². The Bertz CT molecular complexity index is 471. The lowest BCUT2D eigenvalue weighted by Crippen LogP contribution is -2.32. The highest BCUT2D eigenvalue weighted by Gasteiger charge is 2.28. The zero-order valence-corrected chi connectivity index (χ0v) is 12.7. The van der Waals surface area contributed by atoms with Gasteiger partial charge in [-0.1, -0.05) is 32.1 Å². The molecule has 2 aliphatic rings. The first-order chi connectivity index (χ1) is 10.2. The van der Waals surface area contributed by atoms with Gasteiger partial charge in [0.2, 0.25) is 0 Å². The van der Waals surface area contributed by atoms with Crippen LogP contribution in [0.4, 0.5) is 0 Å². The molecular formula is C17H26N2O2. The molecule has 0 saturated heterocycles. The van der Waals surface area contributed by atoms with Crippen LogP contribution in [0.25, 0.3) is 0 Å². The van der Waals surface area contributed by atoms with Gasteiger partial charge in [0.25, 0.3) is 0 Å². The summed E-state index contributed by atoms with van der Waals surface area (Å²) in [6.45, 7) is 0. The summed E-state index contributed by atoms with van der Waals surface area (Å²) in [4.78, 5) is 12.2. The standard InChI is InChI=1S/C17H26N2O2/c20-16(17(21)13-6-2-1-3-7-13)12-14-10-11-19(18-14)15-8-4-5-9-15/h10-11,13,15,17,21H,1-9,12H2. The highest BCUT2D eigenvalue weighted by Crippen LogP contribution is 2.29. The van der Waals surface area contributed by atoms with Crippen molar-refractivity contribution in [3.8, 4) is 0 Å². The van der Waals surface area contributed by atoms with E-state index in [9.17, 15) is 9.90 Å². The first kappa shape index (κ1) is 14.8. The van der Waals surface area contributed by atoms with Crippen molar-refractivity contribution < 1.29 is 9.90 Å². The number of hydrogen-bond acceptors (Lipinski definition) is 3. The average molecular weight is 290 g/mol. The Morgan fingerprint density at radius 3 is 2.57 bits per heavy atom. The third kappa shape index (κ3) is 3.54. The van der Waals surface area contributed by atoms with Gasteiger partial charge >= 0.3 is 0 Å². The van der Waals surface area contributed by atoms with Crippen LogP contribution in [0, 0.1) is 5.92 Å². The van der Waals surface area contributed by atoms with Crippen molar-refractivity contribution in [1.82, 2.24) is 9.78 Å². The highest BCUT2D eigenvalue weighted by atomic mass is 16.3. The Balaban J connectivity index is 1.56. The summed E-state index contributed by atoms with van der Waals surface area (Å²) in [5, 5.41) is 14.8. The minimum Gasteiger partial charge on any atom is -0.385 e. The monoisotopic (exact) mass is 290 g/mol. The summed E-state index contributed by atoms with van der Waals surface area (Å²) < 4.78 is 2.02. The topological polar surface area (TPSA) is 55.1 Å². The second kappa shape index (κ2) is 6.73. The molecular weight excluding hydrogens is 264 g/mol. The number of ketones is 1. The number of aliphatic hydroxyl groups excluding tert-OH is 1. The molecule has 1 aromatic heterocycles. The Morgan fingerprint density at radius 2 is 1.86 bits per heavy atom. The Morgan fingerprint density at radius 1 is 1.19 bits per heavy atom. The zero-order chi connectivity index (χ0) is 14.7. The summed E-state index contributed by atoms with van der Waals surface area (Å²) in [7, 11) is 0. The van der Waals surface area contributed by atoms with Crippen molar-refractivity contribution >= 4 is 5.78 Å². The van der Waals surface area contributed by atoms with Crippen LogP contribution in [-0.2, 0) is 11.2 Å². The smallest absolute Gasteiger partial charge is 0.167 e. The zero-order valence-electron chi connectivity index (χ0n) is 12.7. The van der Waals surface area contributed by atoms with Gasteiger partial charge in [-0.2, -0.15) is 5.10 Å². The van der Waals surface area contributed by atoms with Gasteiger partial charge in [0.1, 0.15) is 6.10 Å². The van der Waals surface area contributed by atoms with E-state index in [0.29, 0.717) is 6.04 Å². The van der Waals surface area contributed by atoms with Crippen molar-refractivity contribution in [3.05, 3.63) is 18.0 Å². The molecule has 21 heavy (non-hydrogen) atoms. The second-order valence-corrected chi connectivity index (χ2v) is 6.71. The van der Waals surface area contributed by atoms with Gasteiger partial charge in [-0.15, -0.1) is 0 Å². The third-order valence-electron chi connectivity index (χ3n) is 5.14. The molecule has 1 unspecified atom stereocenters. The molecule has 1 aromatic rings. The van der Waals surface area contributed by atoms with E-state index in [2.05, 4.69) is 5.10 Å². The van der Waals surface area contributed by atoms with E-state index in [1.54, 1.807) is 0 Å². The van der Waals surface area contributed by atoms with Crippen LogP contribution in [0.5, 0.6) is 0 Å². The number of hydrogen-bond donors (Lipinski definition) is 1. The fourth-order valence-corrected chi connectivity index (χ4v) is 3.84. The van der Waals surface area contributed by atoms with Crippen molar-refractivity contribution in [2.45, 2.75) is 76.4 Å². The molecule has 2 saturated carbocycles. The highest BCUT2D eigenvalue weighted by molar-refractivity contribution is 5.84. The molecule has 0 radical (unpaired) electrons. The first-order valence-corrected chi connectivity index (χ1v) is 8.49. The van der Waals surface area contributed by atoms with Crippen LogP contribution in [-0.4, -0.2) is 26.8 Å². The van der Waals surface area contributed by atoms with E-state index in [1.807, 2.05) is 16.9 Å². The number of aromatic nitrogens is 2. The van der Waals surface area contributed by atoms with Gasteiger partial charge in [-0.3, -0.25) is 9.48 Å². The quantitative estimate of drug-likeness (QED) is 0.906. The number of nitrogens with zero attached hydrogens (tertiary/aromatic N) is 2. The number of carbonyl (C=O) groups is 1. The van der Waals surface area contributed by atoms with Crippen molar-refractivity contribution in [3.63, 3.8) is 0 Å². The molecule has 0 aliphatic heterocycles. The van der Waals surface area contributed by atoms with Crippen molar-refractivity contribution in [2.24, 2.45) is 5.92 Å². The van der Waals surface area contributed by atoms with Crippen LogP contribution < -0.4 is 0 Å². The Hall–Kier alpha value is -1.16. The van der Waals surface area contributed by atoms with Gasteiger partial charge in [-0.05, 0) is 37.7 Å². The van der Waals surface area contributed by atoms with Crippen LogP contribution in [0.15, 0.2) is 12.3 Å². The number of rotatable bonds is 5. The summed E-state index contributed by atoms with van der Waals surface area (Å²) in [5.41, 5.74) is 0.807. The Labute approximate surface area is 126 Å². The summed E-state index contributed by atoms with van der Waals surface area (Å²) in [6, 6.07) is 2.45. The SMILES string of the molecule is O=C(Cc1ccn(C2CCCC2)n1)C(O)C1CCCCC1. The van der Waals surface area contributed by atoms with Gasteiger partial charge in [-0.25, -0.2) is 0 Å². The van der Waals surface area contributed by atoms with Crippen LogP contribution in [0.3, 0.4) is 0 Å². The predicted octanol–water partition coefficient (Wildman–Crippen LogP) is 3.05. The molecule has 3 rings (SSSR count). The molecule has 4 heteroatoms. The van der Waals surface area contributed by atoms with Gasteiger partial charge in [0, 0.05) is 6.20 Å². The number of aliphatic hydroxyl groups is 1. The summed E-state index contributed by atoms with van der Waals surface area (Å²) in [6.07, 6.45) is 11.9. The van der Waals surface area contributed by atoms with Gasteiger partial charge in [0.15, 0.2) is 5.78 Å². The number of carbonyl (C=O) groups excluding carboxylic acids is 1. The maximum atomic E-state index is 12.2. The van der Waals surface area contributed by atoms with E-state index in [4.69, 9.17) is 0 Å². The molecule has 1 atom stereocenters. The molecule has 1 N–H and O–H groups in total. The van der Waals surface area contributed by atoms with E-state index in [1.165, 1.54) is 32.1 Å². The largest absolute Gasteiger partial charge is 0.385 e. The maximum Gasteiger partial charge on any atom is 0.167 e. The molecule has 4 nitrogen and oxygen atoms in total. The molecule has 0 aromatic carbocycles. The van der Waals surface area contributed by atoms with Crippen LogP contribution in [0.1, 0.15) is 69.5 Å². The summed E-state index contributed by atoms with van der Waals surface area (Å²) >= 11 is 0. The lowest BCUT2D eigenvalue weighted by atomic mass is 9.83. The fourth-order valence-electron chi connectivity index (χ4n) is 3.84. The van der Waals surface area contributed by atoms with E-state index >= 15 is 0 Å². The van der Waals surface area contributed by atoms with Crippen molar-refractivity contribution in [1.29, 1.82) is 0 Å². The average Bonchev–Trinajstić information content (AvgIpc) is 3.18. The van der Waals surface area contributed by atoms with Crippen LogP contribution >= 0.6 is 0 Å². The molecule has 2 aliphatic carbocycles. The molecule has 0 spiro atoms. The Kier molecular flexibility index (Phi) is 4.73. The predicted molar refractivity (Wildman–Crippen MR) is 81.0 cm³/mol. The second-order valence-electron chi connectivity index (χ2n) is 6.71. The molecule has 2 fully saturated rings. The van der Waals surface area contributed by atoms with Gasteiger partial charge in [0.05, 0.1) is 18.2 Å². The fraction of sp³-hybridized carbons (Fsp3) is 0.765. The maximum absolute atomic E-state index is 12.2. The summed E-state index contributed by atoms with van der Waals surface area (Å²) in [5.74, 6) is 0.113. The lowest BCUT2D eigenvalue weighted by Gasteiger charge is -2.25. The molecule has 1 heterocycles. The van der Waals surface area contributed by atoms with E-state index < -0.39 is 6.10 Å². The van der Waals surface area contributed by atoms with Gasteiger partial charge < -0.3 is 5.11 Å². The molecule has 116 valence electrons. The third-order valence-corrected chi connectivity index (χ3v) is 5.14. The molecule has 0 amide bonds. The van der Waals surface area contributed by atoms with Crippen molar-refractivity contribution in [2.75, 3.05) is 0 Å². The van der Waals surface area contributed by atoms with E-state index in [-0.39, 0.29) is 18.1 Å². The minimum atomic E-state index is -0.790. The lowest BCUT2D eigenvalue weighted by molar-refractivity contribution is -0.129. The molecule has 0 bridgehead atoms. The minimum absolute atomic E-state index is 0.0569. The first-order valence-electron chi connectivity index (χ1n) is 8.49. The van der Waals surface area contributed by atoms with Crippen LogP contribution in [0.2, 0.25) is 0 Å². The normalized spacial score (nSPS) is 22.5. The number of Topliss-reactive ketones (excluding diaryl/α,β-unsaturated/α-hetero) is 1.